The number of aliphatic carboxylic acids is 2. The van der Waals surface area contributed by atoms with Crippen molar-refractivity contribution >= 4 is 52.2 Å². The molecule has 1 fully saturated rings. The van der Waals surface area contributed by atoms with Gasteiger partial charge in [-0.3, -0.25) is 14.5 Å². The van der Waals surface area contributed by atoms with Crippen LogP contribution in [0.15, 0.2) is 23.1 Å². The molecule has 0 spiro atoms. The molecular formula is C16H13NO7S2. The predicted octanol–water partition coefficient (Wildman–Crippen LogP) is 1.93. The van der Waals surface area contributed by atoms with Gasteiger partial charge in [-0.15, -0.1) is 0 Å². The number of carbonyl (C=O) groups excluding carboxylic acids is 1. The lowest BCUT2D eigenvalue weighted by Gasteiger charge is -2.22. The number of nitrogens with zero attached hydrogens (tertiary/aromatic N) is 1. The van der Waals surface area contributed by atoms with E-state index in [4.69, 9.17) is 26.8 Å². The maximum absolute atomic E-state index is 12.6. The second kappa shape index (κ2) is 7.34. The number of hydrogen-bond donors (Lipinski definition) is 2. The molecule has 2 aliphatic rings. The SMILES string of the molecule is O=C(O)CCC(C(=O)O)N1C(=O)/C(=C\c2ccc3c(c2)OCO3)SC1=S. The number of carboxylic acid groups (broad SMARTS) is 2. The fourth-order valence-electron chi connectivity index (χ4n) is 2.53. The zero-order valence-corrected chi connectivity index (χ0v) is 14.8. The number of hydrogen-bond acceptors (Lipinski definition) is 7. The minimum atomic E-state index is -1.32. The molecule has 0 bridgehead atoms. The second-order valence-corrected chi connectivity index (χ2v) is 7.13. The van der Waals surface area contributed by atoms with Crippen molar-refractivity contribution in [3.8, 4) is 11.5 Å². The number of thiocarbonyl (C=S) groups is 1. The molecule has 1 aromatic rings. The summed E-state index contributed by atoms with van der Waals surface area (Å²) in [6.45, 7) is 0.130. The van der Waals surface area contributed by atoms with Crippen LogP contribution in [0, 0.1) is 0 Å². The Kier molecular flexibility index (Phi) is 5.14. The molecule has 1 saturated heterocycles. The molecule has 2 heterocycles. The molecule has 10 heteroatoms. The number of carboxylic acids is 2. The smallest absolute Gasteiger partial charge is 0.326 e. The highest BCUT2D eigenvalue weighted by molar-refractivity contribution is 8.26. The highest BCUT2D eigenvalue weighted by Gasteiger charge is 2.40. The van der Waals surface area contributed by atoms with E-state index in [-0.39, 0.29) is 28.9 Å². The van der Waals surface area contributed by atoms with E-state index < -0.39 is 23.9 Å². The Labute approximate surface area is 157 Å². The van der Waals surface area contributed by atoms with Gasteiger partial charge in [0.2, 0.25) is 6.79 Å². The van der Waals surface area contributed by atoms with Gasteiger partial charge >= 0.3 is 11.9 Å². The highest BCUT2D eigenvalue weighted by atomic mass is 32.2. The quantitative estimate of drug-likeness (QED) is 0.551. The number of carbonyl (C=O) groups is 3. The Morgan fingerprint density at radius 1 is 1.31 bits per heavy atom. The van der Waals surface area contributed by atoms with Gasteiger partial charge in [0.05, 0.1) is 4.91 Å². The van der Waals surface area contributed by atoms with Crippen molar-refractivity contribution in [1.29, 1.82) is 0 Å². The van der Waals surface area contributed by atoms with Crippen molar-refractivity contribution in [2.24, 2.45) is 0 Å². The molecule has 8 nitrogen and oxygen atoms in total. The number of ether oxygens (including phenoxy) is 2. The summed E-state index contributed by atoms with van der Waals surface area (Å²) in [6, 6.07) is 3.83. The summed E-state index contributed by atoms with van der Waals surface area (Å²) in [5.41, 5.74) is 0.673. The number of amides is 1. The summed E-state index contributed by atoms with van der Waals surface area (Å²) in [6.07, 6.45) is 0.973. The van der Waals surface area contributed by atoms with E-state index in [2.05, 4.69) is 0 Å². The molecule has 0 radical (unpaired) electrons. The predicted molar refractivity (Wildman–Crippen MR) is 95.9 cm³/mol. The van der Waals surface area contributed by atoms with Crippen molar-refractivity contribution in [2.75, 3.05) is 6.79 Å². The minimum absolute atomic E-state index is 0.0831. The second-order valence-electron chi connectivity index (χ2n) is 5.45. The van der Waals surface area contributed by atoms with Crippen LogP contribution in [-0.4, -0.2) is 50.1 Å². The average molecular weight is 395 g/mol. The molecule has 3 rings (SSSR count). The summed E-state index contributed by atoms with van der Waals surface area (Å²) in [5, 5.41) is 18.1. The third-order valence-corrected chi connectivity index (χ3v) is 5.08. The van der Waals surface area contributed by atoms with Crippen molar-refractivity contribution < 1.29 is 34.1 Å². The molecule has 1 amide bonds. The lowest BCUT2D eigenvalue weighted by molar-refractivity contribution is -0.146. The number of rotatable bonds is 6. The zero-order chi connectivity index (χ0) is 18.8. The van der Waals surface area contributed by atoms with Gasteiger partial charge in [-0.05, 0) is 30.2 Å². The molecule has 0 saturated carbocycles. The Bertz CT molecular complexity index is 836. The molecule has 0 aromatic heterocycles. The van der Waals surface area contributed by atoms with E-state index in [1.54, 1.807) is 24.3 Å². The van der Waals surface area contributed by atoms with E-state index in [1.165, 1.54) is 0 Å². The molecule has 26 heavy (non-hydrogen) atoms. The Balaban J connectivity index is 1.83. The van der Waals surface area contributed by atoms with Gasteiger partial charge in [-0.25, -0.2) is 4.79 Å². The summed E-state index contributed by atoms with van der Waals surface area (Å²) in [4.78, 5) is 36.1. The van der Waals surface area contributed by atoms with Gasteiger partial charge in [0, 0.05) is 6.42 Å². The van der Waals surface area contributed by atoms with Crippen LogP contribution in [0.3, 0.4) is 0 Å². The lowest BCUT2D eigenvalue weighted by atomic mass is 10.1. The van der Waals surface area contributed by atoms with Crippen LogP contribution >= 0.6 is 24.0 Å². The van der Waals surface area contributed by atoms with Crippen LogP contribution < -0.4 is 9.47 Å². The van der Waals surface area contributed by atoms with Crippen LogP contribution in [0.25, 0.3) is 6.08 Å². The van der Waals surface area contributed by atoms with Gasteiger partial charge in [0.25, 0.3) is 5.91 Å². The largest absolute Gasteiger partial charge is 0.481 e. The zero-order valence-electron chi connectivity index (χ0n) is 13.2. The Morgan fingerprint density at radius 2 is 2.04 bits per heavy atom. The monoisotopic (exact) mass is 395 g/mol. The maximum atomic E-state index is 12.6. The molecule has 1 aromatic carbocycles. The van der Waals surface area contributed by atoms with Crippen molar-refractivity contribution in [2.45, 2.75) is 18.9 Å². The topological polar surface area (TPSA) is 113 Å². The highest BCUT2D eigenvalue weighted by Crippen LogP contribution is 2.37. The molecule has 136 valence electrons. The van der Waals surface area contributed by atoms with Crippen molar-refractivity contribution in [3.05, 3.63) is 28.7 Å². The fraction of sp³-hybridized carbons (Fsp3) is 0.250. The van der Waals surface area contributed by atoms with Gasteiger partial charge in [0.1, 0.15) is 10.4 Å². The molecule has 2 N–H and O–H groups in total. The molecule has 2 aliphatic heterocycles. The van der Waals surface area contributed by atoms with E-state index in [0.717, 1.165) is 16.7 Å². The third-order valence-electron chi connectivity index (χ3n) is 3.75. The maximum Gasteiger partial charge on any atom is 0.326 e. The fourth-order valence-corrected chi connectivity index (χ4v) is 3.88. The first-order valence-corrected chi connectivity index (χ1v) is 8.70. The first kappa shape index (κ1) is 18.2. The van der Waals surface area contributed by atoms with Crippen LogP contribution in [0.2, 0.25) is 0 Å². The molecule has 0 aliphatic carbocycles. The molecule has 1 unspecified atom stereocenters. The Hall–Kier alpha value is -2.59. The van der Waals surface area contributed by atoms with Crippen LogP contribution in [0.5, 0.6) is 11.5 Å². The Morgan fingerprint density at radius 3 is 2.73 bits per heavy atom. The summed E-state index contributed by atoms with van der Waals surface area (Å²) in [7, 11) is 0. The van der Waals surface area contributed by atoms with Crippen LogP contribution in [-0.2, 0) is 14.4 Å². The van der Waals surface area contributed by atoms with E-state index in [9.17, 15) is 19.5 Å². The summed E-state index contributed by atoms with van der Waals surface area (Å²) in [5.74, 6) is -1.84. The first-order chi connectivity index (χ1) is 12.4. The number of benzene rings is 1. The number of fused-ring (bicyclic) bond motifs is 1. The van der Waals surface area contributed by atoms with Gasteiger partial charge in [-0.2, -0.15) is 0 Å². The van der Waals surface area contributed by atoms with Crippen molar-refractivity contribution in [1.82, 2.24) is 4.90 Å². The van der Waals surface area contributed by atoms with E-state index >= 15 is 0 Å². The lowest BCUT2D eigenvalue weighted by Crippen LogP contribution is -2.44. The normalized spacial score (nSPS) is 18.5. The van der Waals surface area contributed by atoms with Gasteiger partial charge in [0.15, 0.2) is 11.5 Å². The average Bonchev–Trinajstić information content (AvgIpc) is 3.13. The van der Waals surface area contributed by atoms with Crippen molar-refractivity contribution in [3.63, 3.8) is 0 Å². The third kappa shape index (κ3) is 3.65. The molecular weight excluding hydrogens is 382 g/mol. The standard InChI is InChI=1S/C16H13NO7S2/c18-13(19)4-2-9(15(21)22)17-14(20)12(26-16(17)25)6-8-1-3-10-11(5-8)24-7-23-10/h1,3,5-6,9H,2,4,7H2,(H,18,19)(H,21,22)/b12-6+. The summed E-state index contributed by atoms with van der Waals surface area (Å²) >= 11 is 6.11. The van der Waals surface area contributed by atoms with Crippen LogP contribution in [0.1, 0.15) is 18.4 Å². The van der Waals surface area contributed by atoms with Gasteiger partial charge in [-0.1, -0.05) is 30.0 Å². The molecule has 1 atom stereocenters. The summed E-state index contributed by atoms with van der Waals surface area (Å²) < 4.78 is 10.6. The van der Waals surface area contributed by atoms with E-state index in [1.807, 2.05) is 0 Å². The van der Waals surface area contributed by atoms with Crippen LogP contribution in [0.4, 0.5) is 0 Å². The van der Waals surface area contributed by atoms with E-state index in [0.29, 0.717) is 17.1 Å². The minimum Gasteiger partial charge on any atom is -0.481 e. The van der Waals surface area contributed by atoms with Gasteiger partial charge < -0.3 is 19.7 Å². The first-order valence-electron chi connectivity index (χ1n) is 7.48. The number of thioether (sulfide) groups is 1.